The van der Waals surface area contributed by atoms with E-state index in [2.05, 4.69) is 15.9 Å². The van der Waals surface area contributed by atoms with Gasteiger partial charge in [0.15, 0.2) is 9.84 Å². The summed E-state index contributed by atoms with van der Waals surface area (Å²) >= 11 is 3.40. The van der Waals surface area contributed by atoms with Crippen molar-refractivity contribution >= 4 is 25.8 Å². The number of hydrogen-bond acceptors (Lipinski definition) is 4. The predicted molar refractivity (Wildman–Crippen MR) is 88.1 cm³/mol. The first-order valence-electron chi connectivity index (χ1n) is 7.17. The molecule has 0 radical (unpaired) electrons. The molecule has 1 aromatic carbocycles. The van der Waals surface area contributed by atoms with Gasteiger partial charge in [-0.05, 0) is 24.6 Å². The number of sulfone groups is 1. The molecular weight excluding hydrogens is 354 g/mol. The fourth-order valence-electron chi connectivity index (χ4n) is 3.14. The molecule has 6 heteroatoms. The smallest absolute Gasteiger partial charge is 0.154 e. The minimum atomic E-state index is -3.15. The van der Waals surface area contributed by atoms with Crippen molar-refractivity contribution in [2.24, 2.45) is 11.1 Å². The molecule has 1 aliphatic carbocycles. The van der Waals surface area contributed by atoms with Crippen molar-refractivity contribution in [3.63, 3.8) is 0 Å². The van der Waals surface area contributed by atoms with Crippen molar-refractivity contribution in [1.82, 2.24) is 0 Å². The molecule has 0 saturated heterocycles. The zero-order valence-electron chi connectivity index (χ0n) is 12.4. The molecule has 3 atom stereocenters. The third-order valence-corrected chi connectivity index (χ3v) is 7.20. The van der Waals surface area contributed by atoms with Gasteiger partial charge in [-0.25, -0.2) is 8.42 Å². The zero-order valence-corrected chi connectivity index (χ0v) is 14.8. The molecule has 0 unspecified atom stereocenters. The molecule has 1 aliphatic rings. The molecule has 0 bridgehead atoms. The second kappa shape index (κ2) is 6.36. The van der Waals surface area contributed by atoms with E-state index in [1.807, 2.05) is 31.2 Å². The van der Waals surface area contributed by atoms with E-state index in [1.165, 1.54) is 0 Å². The second-order valence-corrected chi connectivity index (χ2v) is 8.80. The molecule has 2 N–H and O–H groups in total. The molecule has 0 aromatic heterocycles. The lowest BCUT2D eigenvalue weighted by atomic mass is 10.00. The van der Waals surface area contributed by atoms with Gasteiger partial charge in [0, 0.05) is 34.7 Å². The van der Waals surface area contributed by atoms with Crippen molar-refractivity contribution in [1.29, 1.82) is 0 Å². The lowest BCUT2D eigenvalue weighted by Gasteiger charge is -2.15. The summed E-state index contributed by atoms with van der Waals surface area (Å²) < 4.78 is 31.4. The fourth-order valence-corrected chi connectivity index (χ4v) is 5.55. The van der Waals surface area contributed by atoms with Crippen LogP contribution in [0.5, 0.6) is 0 Å². The zero-order chi connectivity index (χ0) is 15.7. The van der Waals surface area contributed by atoms with Crippen LogP contribution in [0.4, 0.5) is 0 Å². The monoisotopic (exact) mass is 375 g/mol. The topological polar surface area (TPSA) is 69.4 Å². The van der Waals surface area contributed by atoms with Crippen LogP contribution < -0.4 is 5.73 Å². The van der Waals surface area contributed by atoms with Gasteiger partial charge in [0.05, 0.1) is 11.9 Å². The van der Waals surface area contributed by atoms with Crippen LogP contribution in [0.2, 0.25) is 0 Å². The number of ether oxygens (including phenoxy) is 1. The first-order chi connectivity index (χ1) is 9.93. The van der Waals surface area contributed by atoms with Gasteiger partial charge in [-0.3, -0.25) is 0 Å². The predicted octanol–water partition coefficient (Wildman–Crippen LogP) is 2.33. The second-order valence-electron chi connectivity index (χ2n) is 5.48. The van der Waals surface area contributed by atoms with Crippen LogP contribution >= 0.6 is 15.9 Å². The average molecular weight is 376 g/mol. The maximum atomic E-state index is 12.4. The number of halogens is 1. The summed E-state index contributed by atoms with van der Waals surface area (Å²) in [6, 6.07) is 7.81. The van der Waals surface area contributed by atoms with Crippen LogP contribution in [0.3, 0.4) is 0 Å². The van der Waals surface area contributed by atoms with Gasteiger partial charge in [0.25, 0.3) is 0 Å². The Hall–Kier alpha value is -0.430. The standard InChI is InChI=1S/C15H22BrNO3S/c1-3-20-10-15(9-17)13(14(15)21(18,19)4-2)11-5-7-12(16)8-6-11/h5-8,13-14H,3-4,9-10,17H2,1-2H3/t13-,14+,15-/m1/s1. The number of benzene rings is 1. The Morgan fingerprint density at radius 3 is 2.38 bits per heavy atom. The normalized spacial score (nSPS) is 28.6. The Kier molecular flexibility index (Phi) is 5.13. The highest BCUT2D eigenvalue weighted by Crippen LogP contribution is 2.62. The average Bonchev–Trinajstić information content (AvgIpc) is 3.16. The number of nitrogens with two attached hydrogens (primary N) is 1. The highest BCUT2D eigenvalue weighted by molar-refractivity contribution is 9.10. The number of rotatable bonds is 7. The molecule has 0 heterocycles. The third-order valence-electron chi connectivity index (χ3n) is 4.35. The summed E-state index contributed by atoms with van der Waals surface area (Å²) in [6.07, 6.45) is 0. The molecule has 0 aliphatic heterocycles. The van der Waals surface area contributed by atoms with Gasteiger partial charge in [-0.15, -0.1) is 0 Å². The Balaban J connectivity index is 2.38. The van der Waals surface area contributed by atoms with Crippen LogP contribution in [0.15, 0.2) is 28.7 Å². The maximum absolute atomic E-state index is 12.4. The first-order valence-corrected chi connectivity index (χ1v) is 9.68. The van der Waals surface area contributed by atoms with Crippen molar-refractivity contribution < 1.29 is 13.2 Å². The van der Waals surface area contributed by atoms with Crippen molar-refractivity contribution in [3.05, 3.63) is 34.3 Å². The van der Waals surface area contributed by atoms with Crippen LogP contribution in [-0.2, 0) is 14.6 Å². The molecule has 1 saturated carbocycles. The van der Waals surface area contributed by atoms with E-state index in [0.29, 0.717) is 19.8 Å². The van der Waals surface area contributed by atoms with Gasteiger partial charge in [0.1, 0.15) is 0 Å². The van der Waals surface area contributed by atoms with Crippen molar-refractivity contribution in [3.8, 4) is 0 Å². The molecule has 2 rings (SSSR count). The summed E-state index contributed by atoms with van der Waals surface area (Å²) in [6.45, 7) is 4.87. The third kappa shape index (κ3) is 3.04. The Morgan fingerprint density at radius 1 is 1.29 bits per heavy atom. The maximum Gasteiger partial charge on any atom is 0.154 e. The molecular formula is C15H22BrNO3S. The van der Waals surface area contributed by atoms with Crippen LogP contribution in [0, 0.1) is 5.41 Å². The summed E-state index contributed by atoms with van der Waals surface area (Å²) in [4.78, 5) is 0. The minimum absolute atomic E-state index is 0.0768. The first kappa shape index (κ1) is 16.9. The lowest BCUT2D eigenvalue weighted by molar-refractivity contribution is 0.101. The van der Waals surface area contributed by atoms with E-state index in [0.717, 1.165) is 10.0 Å². The minimum Gasteiger partial charge on any atom is -0.381 e. The SMILES string of the molecule is CCOC[C@]1(CN)[C@H](c2ccc(Br)cc2)[C@@H]1S(=O)(=O)CC. The van der Waals surface area contributed by atoms with Crippen LogP contribution in [0.1, 0.15) is 25.3 Å². The van der Waals surface area contributed by atoms with Gasteiger partial charge in [-0.1, -0.05) is 35.0 Å². The Morgan fingerprint density at radius 2 is 1.90 bits per heavy atom. The fraction of sp³-hybridized carbons (Fsp3) is 0.600. The largest absolute Gasteiger partial charge is 0.381 e. The molecule has 4 nitrogen and oxygen atoms in total. The Bertz CT molecular complexity index is 587. The van der Waals surface area contributed by atoms with Crippen LogP contribution in [0.25, 0.3) is 0 Å². The van der Waals surface area contributed by atoms with Gasteiger partial charge in [-0.2, -0.15) is 0 Å². The van der Waals surface area contributed by atoms with Crippen molar-refractivity contribution in [2.75, 3.05) is 25.5 Å². The van der Waals surface area contributed by atoms with E-state index >= 15 is 0 Å². The molecule has 1 fully saturated rings. The van der Waals surface area contributed by atoms with E-state index in [4.69, 9.17) is 10.5 Å². The highest BCUT2D eigenvalue weighted by atomic mass is 79.9. The molecule has 0 amide bonds. The molecule has 21 heavy (non-hydrogen) atoms. The van der Waals surface area contributed by atoms with Gasteiger partial charge < -0.3 is 10.5 Å². The quantitative estimate of drug-likeness (QED) is 0.793. The van der Waals surface area contributed by atoms with Gasteiger partial charge >= 0.3 is 0 Å². The summed E-state index contributed by atoms with van der Waals surface area (Å²) in [5.41, 5.74) is 6.49. The lowest BCUT2D eigenvalue weighted by Crippen LogP contribution is -2.29. The number of hydrogen-bond donors (Lipinski definition) is 1. The van der Waals surface area contributed by atoms with Gasteiger partial charge in [0.2, 0.25) is 0 Å². The Labute approximate surface area is 135 Å². The van der Waals surface area contributed by atoms with E-state index in [1.54, 1.807) is 6.92 Å². The van der Waals surface area contributed by atoms with E-state index in [9.17, 15) is 8.42 Å². The highest BCUT2D eigenvalue weighted by Gasteiger charge is 2.69. The van der Waals surface area contributed by atoms with Crippen LogP contribution in [-0.4, -0.2) is 39.2 Å². The van der Waals surface area contributed by atoms with Crippen molar-refractivity contribution in [2.45, 2.75) is 25.0 Å². The van der Waals surface area contributed by atoms with E-state index in [-0.39, 0.29) is 11.7 Å². The molecule has 0 spiro atoms. The summed E-state index contributed by atoms with van der Waals surface area (Å²) in [5, 5.41) is -0.437. The molecule has 1 aromatic rings. The molecule has 118 valence electrons. The summed E-state index contributed by atoms with van der Waals surface area (Å²) in [7, 11) is -3.15. The summed E-state index contributed by atoms with van der Waals surface area (Å²) in [5.74, 6) is 0.0607. The van der Waals surface area contributed by atoms with E-state index < -0.39 is 20.5 Å².